The van der Waals surface area contributed by atoms with Gasteiger partial charge in [0.05, 0.1) is 10.6 Å². The molecule has 86 valence electrons. The van der Waals surface area contributed by atoms with Gasteiger partial charge in [-0.1, -0.05) is 23.7 Å². The average molecular weight is 361 g/mol. The van der Waals surface area contributed by atoms with Crippen molar-refractivity contribution in [3.8, 4) is 0 Å². The van der Waals surface area contributed by atoms with Crippen molar-refractivity contribution in [2.24, 2.45) is 0 Å². The van der Waals surface area contributed by atoms with Crippen molar-refractivity contribution in [1.29, 1.82) is 0 Å². The number of carbonyl (C=O) groups is 1. The standard InChI is InChI=1S/C13H7ClFIO/c14-10-7-8(5-6-12(10)16)13(17)9-3-1-2-4-11(9)15/h1-7H. The molecular weight excluding hydrogens is 353 g/mol. The molecule has 2 aromatic carbocycles. The van der Waals surface area contributed by atoms with Crippen LogP contribution in [0.3, 0.4) is 0 Å². The molecule has 0 fully saturated rings. The second-order valence-electron chi connectivity index (χ2n) is 3.44. The van der Waals surface area contributed by atoms with Crippen LogP contribution in [0.1, 0.15) is 15.9 Å². The van der Waals surface area contributed by atoms with Crippen molar-refractivity contribution in [2.75, 3.05) is 0 Å². The molecule has 0 saturated carbocycles. The molecule has 1 nitrogen and oxygen atoms in total. The van der Waals surface area contributed by atoms with Crippen LogP contribution in [-0.4, -0.2) is 5.78 Å². The van der Waals surface area contributed by atoms with Crippen LogP contribution < -0.4 is 0 Å². The van der Waals surface area contributed by atoms with Gasteiger partial charge in [0.1, 0.15) is 5.82 Å². The van der Waals surface area contributed by atoms with Crippen molar-refractivity contribution >= 4 is 40.0 Å². The maximum Gasteiger partial charge on any atom is 0.196 e. The highest BCUT2D eigenvalue weighted by Gasteiger charge is 2.14. The van der Waals surface area contributed by atoms with E-state index in [9.17, 15) is 9.18 Å². The van der Waals surface area contributed by atoms with E-state index in [1.165, 1.54) is 12.1 Å². The maximum absolute atomic E-state index is 13.5. The first-order valence-corrected chi connectivity index (χ1v) is 6.29. The maximum atomic E-state index is 13.5. The highest BCUT2D eigenvalue weighted by molar-refractivity contribution is 14.1. The van der Waals surface area contributed by atoms with Crippen molar-refractivity contribution in [2.45, 2.75) is 0 Å². The van der Waals surface area contributed by atoms with Crippen LogP contribution in [-0.2, 0) is 0 Å². The molecule has 0 heterocycles. The molecule has 0 aliphatic carbocycles. The molecule has 0 N–H and O–H groups in total. The fourth-order valence-corrected chi connectivity index (χ4v) is 1.95. The highest BCUT2D eigenvalue weighted by Crippen LogP contribution is 2.22. The summed E-state index contributed by atoms with van der Waals surface area (Å²) in [6, 6.07) is 10.8. The van der Waals surface area contributed by atoms with Gasteiger partial charge < -0.3 is 0 Å². The minimum absolute atomic E-state index is 0.0600. The van der Waals surface area contributed by atoms with E-state index >= 15 is 0 Å². The van der Waals surface area contributed by atoms with E-state index < -0.39 is 5.82 Å². The summed E-state index contributed by atoms with van der Waals surface area (Å²) in [5.74, 6) is -0.881. The zero-order valence-electron chi connectivity index (χ0n) is 8.58. The van der Waals surface area contributed by atoms with Gasteiger partial charge in [0.15, 0.2) is 5.78 Å². The molecule has 0 bridgehead atoms. The number of hydrogen-bond donors (Lipinski definition) is 0. The fraction of sp³-hybridized carbons (Fsp3) is 0. The van der Waals surface area contributed by atoms with Gasteiger partial charge in [0.2, 0.25) is 0 Å². The Morgan fingerprint density at radius 3 is 2.53 bits per heavy atom. The lowest BCUT2D eigenvalue weighted by Crippen LogP contribution is -2.04. The zero-order valence-corrected chi connectivity index (χ0v) is 11.5. The Kier molecular flexibility index (Phi) is 3.79. The third kappa shape index (κ3) is 2.66. The molecule has 0 radical (unpaired) electrons. The van der Waals surface area contributed by atoms with E-state index in [2.05, 4.69) is 22.6 Å². The molecule has 0 aromatic heterocycles. The third-order valence-corrected chi connectivity index (χ3v) is 3.87. The van der Waals surface area contributed by atoms with Gasteiger partial charge in [-0.3, -0.25) is 4.79 Å². The Labute approximate surface area is 117 Å². The number of halogens is 3. The molecule has 2 aromatic rings. The second-order valence-corrected chi connectivity index (χ2v) is 5.01. The Morgan fingerprint density at radius 2 is 1.88 bits per heavy atom. The number of carbonyl (C=O) groups excluding carboxylic acids is 1. The van der Waals surface area contributed by atoms with Crippen LogP contribution in [0.2, 0.25) is 5.02 Å². The van der Waals surface area contributed by atoms with E-state index in [1.807, 2.05) is 0 Å². The lowest BCUT2D eigenvalue weighted by atomic mass is 10.0. The third-order valence-electron chi connectivity index (χ3n) is 2.30. The summed E-state index contributed by atoms with van der Waals surface area (Å²) >= 11 is 8.00. The van der Waals surface area contributed by atoms with Crippen LogP contribution in [0.15, 0.2) is 42.5 Å². The molecule has 0 aliphatic heterocycles. The molecule has 0 saturated heterocycles. The van der Waals surface area contributed by atoms with E-state index in [0.29, 0.717) is 10.6 Å². The Hall–Kier alpha value is -0.940. The minimum atomic E-state index is -0.521. The largest absolute Gasteiger partial charge is 0.288 e. The number of benzene rings is 2. The molecule has 0 atom stereocenters. The smallest absolute Gasteiger partial charge is 0.196 e. The van der Waals surface area contributed by atoms with Crippen LogP contribution >= 0.6 is 34.2 Å². The van der Waals surface area contributed by atoms with Gasteiger partial charge in [0.25, 0.3) is 0 Å². The number of rotatable bonds is 2. The predicted molar refractivity (Wildman–Crippen MR) is 74.0 cm³/mol. The van der Waals surface area contributed by atoms with Gasteiger partial charge in [-0.2, -0.15) is 0 Å². The second kappa shape index (κ2) is 5.14. The van der Waals surface area contributed by atoms with Crippen molar-refractivity contribution in [3.05, 3.63) is 68.0 Å². The molecule has 4 heteroatoms. The molecule has 0 spiro atoms. The predicted octanol–water partition coefficient (Wildman–Crippen LogP) is 4.31. The summed E-state index contributed by atoms with van der Waals surface area (Å²) in [5, 5.41) is 0.493. The van der Waals surface area contributed by atoms with E-state index in [1.54, 1.807) is 30.3 Å². The lowest BCUT2D eigenvalue weighted by Gasteiger charge is -2.04. The molecule has 0 amide bonds. The number of hydrogen-bond acceptors (Lipinski definition) is 1. The molecule has 2 rings (SSSR count). The lowest BCUT2D eigenvalue weighted by molar-refractivity contribution is 0.103. The average Bonchev–Trinajstić information content (AvgIpc) is 2.32. The van der Waals surface area contributed by atoms with Crippen LogP contribution in [0.5, 0.6) is 0 Å². The minimum Gasteiger partial charge on any atom is -0.288 e. The van der Waals surface area contributed by atoms with E-state index in [0.717, 1.165) is 3.57 Å². The van der Waals surface area contributed by atoms with Crippen LogP contribution in [0.25, 0.3) is 0 Å². The van der Waals surface area contributed by atoms with Crippen LogP contribution in [0, 0.1) is 9.39 Å². The SMILES string of the molecule is O=C(c1ccc(I)c(Cl)c1)c1ccccc1F. The molecule has 0 aliphatic rings. The molecule has 0 unspecified atom stereocenters. The zero-order chi connectivity index (χ0) is 12.4. The number of ketones is 1. The summed E-state index contributed by atoms with van der Waals surface area (Å²) < 4.78 is 14.3. The van der Waals surface area contributed by atoms with Crippen molar-refractivity contribution in [3.63, 3.8) is 0 Å². The normalized spacial score (nSPS) is 10.3. The van der Waals surface area contributed by atoms with Gasteiger partial charge in [-0.05, 0) is 52.9 Å². The van der Waals surface area contributed by atoms with E-state index in [-0.39, 0.29) is 11.3 Å². The molecule has 17 heavy (non-hydrogen) atoms. The highest BCUT2D eigenvalue weighted by atomic mass is 127. The summed E-state index contributed by atoms with van der Waals surface area (Å²) in [7, 11) is 0. The van der Waals surface area contributed by atoms with Gasteiger partial charge >= 0.3 is 0 Å². The summed E-state index contributed by atoms with van der Waals surface area (Å²) in [6.45, 7) is 0. The topological polar surface area (TPSA) is 17.1 Å². The van der Waals surface area contributed by atoms with Gasteiger partial charge in [-0.15, -0.1) is 0 Å². The van der Waals surface area contributed by atoms with E-state index in [4.69, 9.17) is 11.6 Å². The van der Waals surface area contributed by atoms with Gasteiger partial charge in [0, 0.05) is 9.13 Å². The summed E-state index contributed by atoms with van der Waals surface area (Å²) in [5.41, 5.74) is 0.449. The quantitative estimate of drug-likeness (QED) is 0.576. The van der Waals surface area contributed by atoms with Crippen molar-refractivity contribution < 1.29 is 9.18 Å². The van der Waals surface area contributed by atoms with Gasteiger partial charge in [-0.25, -0.2) is 4.39 Å². The summed E-state index contributed by atoms with van der Waals surface area (Å²) in [6.07, 6.45) is 0. The first-order chi connectivity index (χ1) is 8.09. The summed E-state index contributed by atoms with van der Waals surface area (Å²) in [4.78, 5) is 12.0. The Morgan fingerprint density at radius 1 is 1.18 bits per heavy atom. The van der Waals surface area contributed by atoms with Crippen molar-refractivity contribution in [1.82, 2.24) is 0 Å². The Bertz CT molecular complexity index is 583. The monoisotopic (exact) mass is 360 g/mol. The Balaban J connectivity index is 2.44. The van der Waals surface area contributed by atoms with Crippen LogP contribution in [0.4, 0.5) is 4.39 Å². The molecular formula is C13H7ClFIO. The fourth-order valence-electron chi connectivity index (χ4n) is 1.44. The first-order valence-electron chi connectivity index (χ1n) is 4.84. The first kappa shape index (κ1) is 12.5.